The van der Waals surface area contributed by atoms with E-state index in [1.54, 1.807) is 0 Å². The van der Waals surface area contributed by atoms with E-state index in [-0.39, 0.29) is 0 Å². The summed E-state index contributed by atoms with van der Waals surface area (Å²) < 4.78 is 5.91. The van der Waals surface area contributed by atoms with Gasteiger partial charge >= 0.3 is 0 Å². The van der Waals surface area contributed by atoms with Crippen molar-refractivity contribution in [2.24, 2.45) is 0 Å². The molecule has 0 saturated heterocycles. The molecule has 0 aromatic heterocycles. The topological polar surface area (TPSA) is 9.23 Å². The minimum absolute atomic E-state index is 0.627. The molecule has 0 saturated carbocycles. The average molecular weight is 271 g/mol. The van der Waals surface area contributed by atoms with Gasteiger partial charge in [-0.15, -0.1) is 0 Å². The second-order valence-electron chi connectivity index (χ2n) is 5.41. The molecule has 1 nitrogen and oxygen atoms in total. The van der Waals surface area contributed by atoms with Crippen molar-refractivity contribution in [2.45, 2.75) is 32.3 Å². The summed E-state index contributed by atoms with van der Waals surface area (Å²) in [7, 11) is 0. The fraction of sp³-hybridized carbons (Fsp3) is 0.294. The van der Waals surface area contributed by atoms with Crippen molar-refractivity contribution in [1.82, 2.24) is 0 Å². The van der Waals surface area contributed by atoms with Crippen LogP contribution in [0.25, 0.3) is 11.1 Å². The molecule has 4 rings (SSSR count). The Labute approximate surface area is 118 Å². The molecule has 0 bridgehead atoms. The highest BCUT2D eigenvalue weighted by molar-refractivity contribution is 6.30. The zero-order valence-electron chi connectivity index (χ0n) is 10.7. The lowest BCUT2D eigenvalue weighted by Crippen LogP contribution is -2.09. The van der Waals surface area contributed by atoms with Crippen LogP contribution in [0.15, 0.2) is 30.3 Å². The van der Waals surface area contributed by atoms with Crippen LogP contribution < -0.4 is 4.74 Å². The van der Waals surface area contributed by atoms with Crippen LogP contribution in [0.4, 0.5) is 0 Å². The average Bonchev–Trinajstić information content (AvgIpc) is 2.44. The Morgan fingerprint density at radius 1 is 0.842 bits per heavy atom. The first-order valence-electron chi connectivity index (χ1n) is 6.89. The fourth-order valence-corrected chi connectivity index (χ4v) is 3.39. The van der Waals surface area contributed by atoms with Crippen molar-refractivity contribution in [3.05, 3.63) is 52.0 Å². The highest BCUT2D eigenvalue weighted by atomic mass is 35.5. The maximum Gasteiger partial charge on any atom is 0.127 e. The summed E-state index contributed by atoms with van der Waals surface area (Å²) in [6.07, 6.45) is 5.00. The Balaban J connectivity index is 1.91. The smallest absolute Gasteiger partial charge is 0.127 e. The van der Waals surface area contributed by atoms with Gasteiger partial charge in [-0.3, -0.25) is 0 Å². The van der Waals surface area contributed by atoms with Crippen LogP contribution in [0, 0.1) is 0 Å². The van der Waals surface area contributed by atoms with Crippen LogP contribution in [0.5, 0.6) is 5.75 Å². The summed E-state index contributed by atoms with van der Waals surface area (Å²) >= 11 is 6.06. The number of rotatable bonds is 0. The Bertz CT molecular complexity index is 661. The quantitative estimate of drug-likeness (QED) is 0.669. The fourth-order valence-electron chi connectivity index (χ4n) is 3.19. The summed E-state index contributed by atoms with van der Waals surface area (Å²) in [6.45, 7) is 0.627. The van der Waals surface area contributed by atoms with Gasteiger partial charge in [-0.1, -0.05) is 17.7 Å². The zero-order chi connectivity index (χ0) is 12.8. The Hall–Kier alpha value is -1.47. The molecule has 0 fully saturated rings. The molecular weight excluding hydrogens is 256 g/mol. The van der Waals surface area contributed by atoms with Gasteiger partial charge in [0.25, 0.3) is 0 Å². The minimum Gasteiger partial charge on any atom is -0.488 e. The predicted molar refractivity (Wildman–Crippen MR) is 77.9 cm³/mol. The van der Waals surface area contributed by atoms with E-state index in [2.05, 4.69) is 18.2 Å². The number of ether oxygens (including phenoxy) is 1. The molecule has 2 aromatic rings. The first-order chi connectivity index (χ1) is 9.31. The van der Waals surface area contributed by atoms with Gasteiger partial charge in [-0.05, 0) is 72.2 Å². The van der Waals surface area contributed by atoms with Gasteiger partial charge in [0.05, 0.1) is 0 Å². The van der Waals surface area contributed by atoms with Crippen LogP contribution in [-0.2, 0) is 19.4 Å². The number of hydrogen-bond donors (Lipinski definition) is 0. The minimum atomic E-state index is 0.627. The lowest BCUT2D eigenvalue weighted by molar-refractivity contribution is 0.302. The maximum absolute atomic E-state index is 6.06. The second-order valence-corrected chi connectivity index (χ2v) is 5.85. The Morgan fingerprint density at radius 3 is 2.47 bits per heavy atom. The highest BCUT2D eigenvalue weighted by Gasteiger charge is 2.21. The van der Waals surface area contributed by atoms with Crippen LogP contribution >= 0.6 is 11.6 Å². The third-order valence-electron chi connectivity index (χ3n) is 4.18. The lowest BCUT2D eigenvalue weighted by Gasteiger charge is -2.25. The van der Waals surface area contributed by atoms with Crippen molar-refractivity contribution in [3.8, 4) is 16.9 Å². The van der Waals surface area contributed by atoms with Crippen molar-refractivity contribution < 1.29 is 4.74 Å². The second kappa shape index (κ2) is 4.28. The summed E-state index contributed by atoms with van der Waals surface area (Å²) in [4.78, 5) is 0. The molecule has 0 amide bonds. The van der Waals surface area contributed by atoms with Gasteiger partial charge in [0.1, 0.15) is 12.4 Å². The SMILES string of the molecule is Clc1ccc2c(c1)COc1cc3c(cc1-2)CCCC3. The van der Waals surface area contributed by atoms with E-state index in [1.165, 1.54) is 53.5 Å². The zero-order valence-corrected chi connectivity index (χ0v) is 11.5. The predicted octanol–water partition coefficient (Wildman–Crippen LogP) is 4.78. The van der Waals surface area contributed by atoms with E-state index in [9.17, 15) is 0 Å². The molecule has 96 valence electrons. The summed E-state index contributed by atoms with van der Waals surface area (Å²) in [6, 6.07) is 10.7. The molecule has 2 heteroatoms. The molecule has 1 aliphatic carbocycles. The molecule has 0 spiro atoms. The molecule has 0 radical (unpaired) electrons. The molecule has 0 atom stereocenters. The number of fused-ring (bicyclic) bond motifs is 4. The van der Waals surface area contributed by atoms with Crippen molar-refractivity contribution >= 4 is 11.6 Å². The maximum atomic E-state index is 6.06. The van der Waals surface area contributed by atoms with E-state index in [0.29, 0.717) is 6.61 Å². The first-order valence-corrected chi connectivity index (χ1v) is 7.26. The number of aryl methyl sites for hydroxylation is 2. The lowest BCUT2D eigenvalue weighted by atomic mass is 9.87. The van der Waals surface area contributed by atoms with Gasteiger partial charge in [0, 0.05) is 10.6 Å². The van der Waals surface area contributed by atoms with Crippen molar-refractivity contribution in [2.75, 3.05) is 0 Å². The van der Waals surface area contributed by atoms with E-state index in [0.717, 1.165) is 10.8 Å². The van der Waals surface area contributed by atoms with Crippen molar-refractivity contribution in [3.63, 3.8) is 0 Å². The Kier molecular flexibility index (Phi) is 2.56. The van der Waals surface area contributed by atoms with Gasteiger partial charge in [-0.2, -0.15) is 0 Å². The molecule has 2 aliphatic rings. The third kappa shape index (κ3) is 1.84. The van der Waals surface area contributed by atoms with E-state index in [4.69, 9.17) is 16.3 Å². The molecule has 0 unspecified atom stereocenters. The van der Waals surface area contributed by atoms with E-state index >= 15 is 0 Å². The molecular formula is C17H15ClO. The molecule has 1 aliphatic heterocycles. The molecule has 0 N–H and O–H groups in total. The largest absolute Gasteiger partial charge is 0.488 e. The highest BCUT2D eigenvalue weighted by Crippen LogP contribution is 2.41. The van der Waals surface area contributed by atoms with Crippen LogP contribution in [-0.4, -0.2) is 0 Å². The number of hydrogen-bond acceptors (Lipinski definition) is 1. The van der Waals surface area contributed by atoms with Crippen molar-refractivity contribution in [1.29, 1.82) is 0 Å². The first kappa shape index (κ1) is 11.4. The monoisotopic (exact) mass is 270 g/mol. The van der Waals surface area contributed by atoms with Gasteiger partial charge in [-0.25, -0.2) is 0 Å². The molecule has 1 heterocycles. The molecule has 19 heavy (non-hydrogen) atoms. The van der Waals surface area contributed by atoms with Gasteiger partial charge in [0.2, 0.25) is 0 Å². The van der Waals surface area contributed by atoms with Gasteiger partial charge in [0.15, 0.2) is 0 Å². The van der Waals surface area contributed by atoms with E-state index in [1.807, 2.05) is 12.1 Å². The normalized spacial score (nSPS) is 16.1. The van der Waals surface area contributed by atoms with Gasteiger partial charge < -0.3 is 4.74 Å². The number of halogens is 1. The number of benzene rings is 2. The summed E-state index contributed by atoms with van der Waals surface area (Å²) in [5.41, 5.74) is 6.67. The third-order valence-corrected chi connectivity index (χ3v) is 4.42. The Morgan fingerprint density at radius 2 is 1.63 bits per heavy atom. The standard InChI is InChI=1S/C17H15ClO/c18-14-5-6-15-13(7-14)10-19-17-9-12-4-2-1-3-11(12)8-16(15)17/h5-9H,1-4,10H2. The molecule has 2 aromatic carbocycles. The van der Waals surface area contributed by atoms with Crippen LogP contribution in [0.1, 0.15) is 29.5 Å². The van der Waals surface area contributed by atoms with E-state index < -0.39 is 0 Å². The van der Waals surface area contributed by atoms with Crippen LogP contribution in [0.3, 0.4) is 0 Å². The summed E-state index contributed by atoms with van der Waals surface area (Å²) in [5.74, 6) is 1.04. The summed E-state index contributed by atoms with van der Waals surface area (Å²) in [5, 5.41) is 0.781. The van der Waals surface area contributed by atoms with Crippen LogP contribution in [0.2, 0.25) is 5.02 Å².